The van der Waals surface area contributed by atoms with Crippen LogP contribution in [0.25, 0.3) is 10.9 Å². The number of alkyl halides is 4. The van der Waals surface area contributed by atoms with E-state index in [2.05, 4.69) is 4.74 Å². The van der Waals surface area contributed by atoms with Crippen LogP contribution in [0.2, 0.25) is 5.02 Å². The predicted molar refractivity (Wildman–Crippen MR) is 128 cm³/mol. The zero-order valence-corrected chi connectivity index (χ0v) is 20.8. The summed E-state index contributed by atoms with van der Waals surface area (Å²) in [5.41, 5.74) is 0.581. The van der Waals surface area contributed by atoms with Gasteiger partial charge in [-0.3, -0.25) is 14.4 Å². The van der Waals surface area contributed by atoms with E-state index >= 15 is 0 Å². The Bertz CT molecular complexity index is 1400. The summed E-state index contributed by atoms with van der Waals surface area (Å²) in [4.78, 5) is 39.3. The number of carbonyl (C=O) groups excluding carboxylic acids is 3. The van der Waals surface area contributed by atoms with E-state index in [0.29, 0.717) is 0 Å². The van der Waals surface area contributed by atoms with Gasteiger partial charge >= 0.3 is 6.36 Å². The Kier molecular flexibility index (Phi) is 7.78. The van der Waals surface area contributed by atoms with Gasteiger partial charge in [0.2, 0.25) is 5.91 Å². The van der Waals surface area contributed by atoms with Gasteiger partial charge in [-0.15, -0.1) is 13.2 Å². The fraction of sp³-hybridized carbons (Fsp3) is 0.346. The van der Waals surface area contributed by atoms with Crippen LogP contribution in [0.3, 0.4) is 0 Å². The van der Waals surface area contributed by atoms with Crippen molar-refractivity contribution in [3.8, 4) is 5.75 Å². The molecule has 202 valence electrons. The summed E-state index contributed by atoms with van der Waals surface area (Å²) in [5, 5.41) is 0.0606. The number of nitrogens with zero attached hydrogens (tertiary/aromatic N) is 2. The maximum absolute atomic E-state index is 14.3. The molecule has 2 atom stereocenters. The molecule has 0 spiro atoms. The molecule has 3 aromatic rings. The number of hydrogen-bond donors (Lipinski definition) is 0. The van der Waals surface area contributed by atoms with Crippen LogP contribution in [0.1, 0.15) is 35.7 Å². The molecule has 2 heterocycles. The summed E-state index contributed by atoms with van der Waals surface area (Å²) in [5.74, 6) is -2.67. The van der Waals surface area contributed by atoms with E-state index in [0.717, 1.165) is 17.0 Å². The zero-order chi connectivity index (χ0) is 27.8. The zero-order valence-electron chi connectivity index (χ0n) is 20.0. The number of hydrogen-bond acceptors (Lipinski definition) is 4. The number of ketones is 2. The molecule has 0 radical (unpaired) electrons. The number of Topliss-reactive ketones (excluding diaryl/α,β-unsaturated/α-hetero) is 2. The lowest BCUT2D eigenvalue weighted by Gasteiger charge is -2.24. The van der Waals surface area contributed by atoms with Crippen LogP contribution in [0.15, 0.2) is 42.6 Å². The topological polar surface area (TPSA) is 68.6 Å². The standard InChI is InChI=1S/C26H22ClF5N2O4/c1-14(35)19-12-33(21-7-6-17(10-18(19)21)38-26(30,31)32)13-24(37)34-11-16(28)9-22(34)23(36)8-5-15-3-2-4-20(27)25(15)29/h2-4,6-7,10,12,16,22H,5,8-9,11,13H2,1H3/t16-,22+/m1/s1. The first-order valence-electron chi connectivity index (χ1n) is 11.6. The molecule has 0 unspecified atom stereocenters. The van der Waals surface area contributed by atoms with Crippen molar-refractivity contribution in [2.75, 3.05) is 6.54 Å². The molecule has 1 aliphatic rings. The second-order valence-electron chi connectivity index (χ2n) is 9.03. The Hall–Kier alpha value is -3.47. The Morgan fingerprint density at radius 2 is 1.89 bits per heavy atom. The average molecular weight is 557 g/mol. The molecular weight excluding hydrogens is 535 g/mol. The second kappa shape index (κ2) is 10.7. The van der Waals surface area contributed by atoms with Gasteiger partial charge in [0.15, 0.2) is 11.6 Å². The van der Waals surface area contributed by atoms with E-state index in [1.165, 1.54) is 35.9 Å². The van der Waals surface area contributed by atoms with Crippen molar-refractivity contribution in [2.24, 2.45) is 0 Å². The highest BCUT2D eigenvalue weighted by atomic mass is 35.5. The molecule has 38 heavy (non-hydrogen) atoms. The molecule has 4 rings (SSSR count). The molecule has 1 saturated heterocycles. The number of likely N-dealkylation sites (tertiary alicyclic amines) is 1. The third kappa shape index (κ3) is 5.98. The summed E-state index contributed by atoms with van der Waals surface area (Å²) in [7, 11) is 0. The molecule has 1 aliphatic heterocycles. The monoisotopic (exact) mass is 556 g/mol. The Morgan fingerprint density at radius 1 is 1.16 bits per heavy atom. The molecule has 0 saturated carbocycles. The van der Waals surface area contributed by atoms with E-state index in [-0.39, 0.29) is 59.4 Å². The van der Waals surface area contributed by atoms with Crippen molar-refractivity contribution in [1.29, 1.82) is 0 Å². The third-order valence-corrected chi connectivity index (χ3v) is 6.68. The first-order chi connectivity index (χ1) is 17.8. The van der Waals surface area contributed by atoms with Crippen LogP contribution in [0, 0.1) is 5.82 Å². The highest BCUT2D eigenvalue weighted by Crippen LogP contribution is 2.31. The summed E-state index contributed by atoms with van der Waals surface area (Å²) < 4.78 is 71.7. The van der Waals surface area contributed by atoms with E-state index in [1.54, 1.807) is 6.07 Å². The quantitative estimate of drug-likeness (QED) is 0.265. The van der Waals surface area contributed by atoms with Gasteiger partial charge in [-0.25, -0.2) is 8.78 Å². The number of ether oxygens (including phenoxy) is 1. The van der Waals surface area contributed by atoms with E-state index < -0.39 is 47.6 Å². The van der Waals surface area contributed by atoms with Crippen LogP contribution in [-0.4, -0.2) is 52.1 Å². The molecule has 1 aromatic heterocycles. The van der Waals surface area contributed by atoms with Gasteiger partial charge in [0.25, 0.3) is 0 Å². The Morgan fingerprint density at radius 3 is 2.58 bits per heavy atom. The second-order valence-corrected chi connectivity index (χ2v) is 9.43. The SMILES string of the molecule is CC(=O)c1cn(CC(=O)N2C[C@H](F)C[C@H]2C(=O)CCc2cccc(Cl)c2F)c2ccc(OC(F)(F)F)cc12. The van der Waals surface area contributed by atoms with Crippen LogP contribution in [-0.2, 0) is 22.6 Å². The normalized spacial score (nSPS) is 17.7. The van der Waals surface area contributed by atoms with Gasteiger partial charge in [-0.05, 0) is 43.2 Å². The first kappa shape index (κ1) is 27.6. The van der Waals surface area contributed by atoms with Crippen molar-refractivity contribution < 1.29 is 41.1 Å². The molecule has 0 aliphatic carbocycles. The molecule has 2 aromatic carbocycles. The van der Waals surface area contributed by atoms with Gasteiger partial charge in [0.1, 0.15) is 24.3 Å². The lowest BCUT2D eigenvalue weighted by molar-refractivity contribution is -0.274. The number of halogens is 6. The number of amides is 1. The molecule has 1 amide bonds. The Labute approximate surface area is 218 Å². The van der Waals surface area contributed by atoms with E-state index in [1.807, 2.05) is 0 Å². The number of rotatable bonds is 8. The highest BCUT2D eigenvalue weighted by molar-refractivity contribution is 6.30. The summed E-state index contributed by atoms with van der Waals surface area (Å²) >= 11 is 5.77. The van der Waals surface area contributed by atoms with Gasteiger partial charge in [0.05, 0.1) is 17.6 Å². The number of carbonyl (C=O) groups is 3. The molecule has 0 bridgehead atoms. The summed E-state index contributed by atoms with van der Waals surface area (Å²) in [6, 6.07) is 6.73. The predicted octanol–water partition coefficient (Wildman–Crippen LogP) is 5.68. The van der Waals surface area contributed by atoms with Gasteiger partial charge in [-0.2, -0.15) is 0 Å². The van der Waals surface area contributed by atoms with Gasteiger partial charge < -0.3 is 14.2 Å². The maximum Gasteiger partial charge on any atom is 0.573 e. The molecule has 0 N–H and O–H groups in total. The fourth-order valence-corrected chi connectivity index (χ4v) is 4.85. The van der Waals surface area contributed by atoms with E-state index in [9.17, 15) is 36.3 Å². The lowest BCUT2D eigenvalue weighted by Crippen LogP contribution is -2.42. The van der Waals surface area contributed by atoms with Crippen LogP contribution in [0.4, 0.5) is 22.0 Å². The van der Waals surface area contributed by atoms with Crippen molar-refractivity contribution >= 4 is 40.0 Å². The molecule has 6 nitrogen and oxygen atoms in total. The third-order valence-electron chi connectivity index (χ3n) is 6.39. The van der Waals surface area contributed by atoms with Gasteiger partial charge in [0, 0.05) is 35.5 Å². The minimum Gasteiger partial charge on any atom is -0.406 e. The van der Waals surface area contributed by atoms with Crippen molar-refractivity contribution in [1.82, 2.24) is 9.47 Å². The minimum absolute atomic E-state index is 0.0211. The smallest absolute Gasteiger partial charge is 0.406 e. The summed E-state index contributed by atoms with van der Waals surface area (Å²) in [6.45, 7) is 0.523. The minimum atomic E-state index is -4.93. The van der Waals surface area contributed by atoms with E-state index in [4.69, 9.17) is 11.6 Å². The average Bonchev–Trinajstić information content (AvgIpc) is 3.39. The molecule has 12 heteroatoms. The molecular formula is C26H22ClF5N2O4. The fourth-order valence-electron chi connectivity index (χ4n) is 4.65. The Balaban J connectivity index is 1.53. The van der Waals surface area contributed by atoms with Crippen LogP contribution < -0.4 is 4.74 Å². The van der Waals surface area contributed by atoms with Crippen molar-refractivity contribution in [3.63, 3.8) is 0 Å². The van der Waals surface area contributed by atoms with Crippen LogP contribution in [0.5, 0.6) is 5.75 Å². The number of aromatic nitrogens is 1. The van der Waals surface area contributed by atoms with Crippen LogP contribution >= 0.6 is 11.6 Å². The number of fused-ring (bicyclic) bond motifs is 1. The van der Waals surface area contributed by atoms with Crippen molar-refractivity contribution in [3.05, 3.63) is 64.6 Å². The largest absolute Gasteiger partial charge is 0.573 e. The van der Waals surface area contributed by atoms with Crippen molar-refractivity contribution in [2.45, 2.75) is 51.3 Å². The lowest BCUT2D eigenvalue weighted by atomic mass is 10.0. The maximum atomic E-state index is 14.3. The first-order valence-corrected chi connectivity index (χ1v) is 12.0. The number of benzene rings is 2. The highest BCUT2D eigenvalue weighted by Gasteiger charge is 2.39. The summed E-state index contributed by atoms with van der Waals surface area (Å²) in [6.07, 6.45) is -5.36. The molecule has 1 fully saturated rings. The number of aryl methyl sites for hydroxylation is 1. The van der Waals surface area contributed by atoms with Gasteiger partial charge in [-0.1, -0.05) is 23.7 Å².